The average Bonchev–Trinajstić information content (AvgIpc) is 3.02. The van der Waals surface area contributed by atoms with Gasteiger partial charge in [0.25, 0.3) is 0 Å². The molecule has 0 heterocycles. The Kier molecular flexibility index (Phi) is 4.31. The van der Waals surface area contributed by atoms with E-state index < -0.39 is 0 Å². The van der Waals surface area contributed by atoms with Crippen molar-refractivity contribution in [1.29, 1.82) is 5.26 Å². The van der Waals surface area contributed by atoms with E-state index in [1.54, 1.807) is 18.2 Å². The van der Waals surface area contributed by atoms with E-state index in [9.17, 15) is 4.39 Å². The molecule has 0 aliphatic heterocycles. The van der Waals surface area contributed by atoms with Crippen LogP contribution in [0, 0.1) is 17.1 Å². The minimum atomic E-state index is -0.212. The summed E-state index contributed by atoms with van der Waals surface area (Å²) in [6.07, 6.45) is 4.35. The minimum Gasteiger partial charge on any atom is -0.206 e. The van der Waals surface area contributed by atoms with Gasteiger partial charge in [-0.15, -0.1) is 0 Å². The van der Waals surface area contributed by atoms with Crippen molar-refractivity contribution in [1.82, 2.24) is 0 Å². The molecule has 0 saturated carbocycles. The molecule has 0 spiro atoms. The van der Waals surface area contributed by atoms with Gasteiger partial charge in [-0.05, 0) is 76.9 Å². The molecule has 0 N–H and O–H groups in total. The van der Waals surface area contributed by atoms with Gasteiger partial charge in [-0.2, -0.15) is 5.26 Å². The van der Waals surface area contributed by atoms with E-state index in [0.29, 0.717) is 11.1 Å². The van der Waals surface area contributed by atoms with Crippen molar-refractivity contribution >= 4 is 0 Å². The van der Waals surface area contributed by atoms with Crippen molar-refractivity contribution in [3.63, 3.8) is 0 Å². The van der Waals surface area contributed by atoms with E-state index in [2.05, 4.69) is 31.2 Å². The Bertz CT molecular complexity index is 1010. The Balaban J connectivity index is 1.70. The normalized spacial score (nSPS) is 11.7. The molecular formula is C24H20FN. The molecule has 0 amide bonds. The first-order chi connectivity index (χ1) is 12.7. The van der Waals surface area contributed by atoms with E-state index >= 15 is 0 Å². The van der Waals surface area contributed by atoms with Crippen LogP contribution in [-0.2, 0) is 12.8 Å². The van der Waals surface area contributed by atoms with Crippen LogP contribution < -0.4 is 0 Å². The Hall–Kier alpha value is -2.92. The third-order valence-electron chi connectivity index (χ3n) is 5.18. The standard InChI is InChI=1S/C24H20FN/c1-2-3-4-16-7-10-21-19(11-16)12-20-13-23(24(25)14-22(20)21)18-8-5-17(15-26)6-9-18/h5-11,13-14H,2-4,12H2,1H3. The fourth-order valence-corrected chi connectivity index (χ4v) is 3.76. The lowest BCUT2D eigenvalue weighted by Gasteiger charge is -2.08. The minimum absolute atomic E-state index is 0.212. The summed E-state index contributed by atoms with van der Waals surface area (Å²) in [5, 5.41) is 8.93. The lowest BCUT2D eigenvalue weighted by atomic mass is 9.97. The summed E-state index contributed by atoms with van der Waals surface area (Å²) in [7, 11) is 0. The van der Waals surface area contributed by atoms with Crippen molar-refractivity contribution in [2.45, 2.75) is 32.6 Å². The zero-order chi connectivity index (χ0) is 18.1. The van der Waals surface area contributed by atoms with Crippen molar-refractivity contribution < 1.29 is 4.39 Å². The first kappa shape index (κ1) is 16.5. The molecule has 0 atom stereocenters. The molecule has 0 bridgehead atoms. The second-order valence-corrected chi connectivity index (χ2v) is 6.95. The van der Waals surface area contributed by atoms with Gasteiger partial charge in [0.2, 0.25) is 0 Å². The second kappa shape index (κ2) is 6.77. The molecule has 1 aliphatic carbocycles. The predicted molar refractivity (Wildman–Crippen MR) is 103 cm³/mol. The average molecular weight is 341 g/mol. The number of aryl methyl sites for hydroxylation is 1. The van der Waals surface area contributed by atoms with Gasteiger partial charge in [0.1, 0.15) is 5.82 Å². The molecule has 26 heavy (non-hydrogen) atoms. The fourth-order valence-electron chi connectivity index (χ4n) is 3.76. The molecular weight excluding hydrogens is 321 g/mol. The number of nitrogens with zero attached hydrogens (tertiary/aromatic N) is 1. The van der Waals surface area contributed by atoms with Crippen LogP contribution in [0.4, 0.5) is 4.39 Å². The van der Waals surface area contributed by atoms with Gasteiger partial charge in [-0.25, -0.2) is 4.39 Å². The number of benzene rings is 3. The molecule has 0 aromatic heterocycles. The number of nitriles is 1. The number of rotatable bonds is 4. The highest BCUT2D eigenvalue weighted by Crippen LogP contribution is 2.40. The number of fused-ring (bicyclic) bond motifs is 3. The van der Waals surface area contributed by atoms with E-state index in [1.807, 2.05) is 18.2 Å². The van der Waals surface area contributed by atoms with Crippen LogP contribution in [0.2, 0.25) is 0 Å². The highest BCUT2D eigenvalue weighted by Gasteiger charge is 2.21. The molecule has 1 nitrogen and oxygen atoms in total. The smallest absolute Gasteiger partial charge is 0.131 e. The zero-order valence-electron chi connectivity index (χ0n) is 14.8. The molecule has 3 aromatic carbocycles. The lowest BCUT2D eigenvalue weighted by molar-refractivity contribution is 0.631. The first-order valence-electron chi connectivity index (χ1n) is 9.14. The van der Waals surface area contributed by atoms with Gasteiger partial charge in [0.05, 0.1) is 11.6 Å². The number of hydrogen-bond acceptors (Lipinski definition) is 1. The third kappa shape index (κ3) is 2.91. The maximum atomic E-state index is 14.8. The largest absolute Gasteiger partial charge is 0.206 e. The highest BCUT2D eigenvalue weighted by molar-refractivity contribution is 5.81. The van der Waals surface area contributed by atoms with Crippen molar-refractivity contribution in [3.8, 4) is 28.3 Å². The van der Waals surface area contributed by atoms with E-state index in [1.165, 1.54) is 29.5 Å². The molecule has 1 aliphatic rings. The molecule has 3 aromatic rings. The van der Waals surface area contributed by atoms with E-state index in [-0.39, 0.29) is 5.82 Å². The topological polar surface area (TPSA) is 23.8 Å². The summed E-state index contributed by atoms with van der Waals surface area (Å²) in [5.74, 6) is -0.212. The van der Waals surface area contributed by atoms with Gasteiger partial charge in [0, 0.05) is 5.56 Å². The van der Waals surface area contributed by atoms with Crippen LogP contribution in [0.3, 0.4) is 0 Å². The number of unbranched alkanes of at least 4 members (excludes halogenated alkanes) is 1. The summed E-state index contributed by atoms with van der Waals surface area (Å²) in [6, 6.07) is 19.4. The molecule has 2 heteroatoms. The highest BCUT2D eigenvalue weighted by atomic mass is 19.1. The second-order valence-electron chi connectivity index (χ2n) is 6.95. The zero-order valence-corrected chi connectivity index (χ0v) is 14.8. The lowest BCUT2D eigenvalue weighted by Crippen LogP contribution is -1.89. The van der Waals surface area contributed by atoms with Crippen LogP contribution in [-0.4, -0.2) is 0 Å². The monoisotopic (exact) mass is 341 g/mol. The third-order valence-corrected chi connectivity index (χ3v) is 5.18. The number of halogens is 1. The molecule has 0 fully saturated rings. The van der Waals surface area contributed by atoms with Crippen molar-refractivity contribution in [3.05, 3.63) is 82.7 Å². The van der Waals surface area contributed by atoms with Gasteiger partial charge in [0.15, 0.2) is 0 Å². The summed E-state index contributed by atoms with van der Waals surface area (Å²) >= 11 is 0. The van der Waals surface area contributed by atoms with Crippen LogP contribution >= 0.6 is 0 Å². The summed E-state index contributed by atoms with van der Waals surface area (Å²) < 4.78 is 14.8. The van der Waals surface area contributed by atoms with Crippen molar-refractivity contribution in [2.24, 2.45) is 0 Å². The fraction of sp³-hybridized carbons (Fsp3) is 0.208. The Morgan fingerprint density at radius 2 is 1.69 bits per heavy atom. The molecule has 0 radical (unpaired) electrons. The molecule has 4 rings (SSSR count). The number of hydrogen-bond donors (Lipinski definition) is 0. The maximum Gasteiger partial charge on any atom is 0.131 e. The van der Waals surface area contributed by atoms with Crippen LogP contribution in [0.15, 0.2) is 54.6 Å². The van der Waals surface area contributed by atoms with Gasteiger partial charge in [-0.3, -0.25) is 0 Å². The molecule has 128 valence electrons. The quantitative estimate of drug-likeness (QED) is 0.428. The maximum absolute atomic E-state index is 14.8. The van der Waals surface area contributed by atoms with Crippen LogP contribution in [0.25, 0.3) is 22.3 Å². The Morgan fingerprint density at radius 3 is 2.42 bits per heavy atom. The van der Waals surface area contributed by atoms with Gasteiger partial charge < -0.3 is 0 Å². The SMILES string of the molecule is CCCCc1ccc2c(c1)Cc1cc(-c3ccc(C#N)cc3)c(F)cc1-2. The van der Waals surface area contributed by atoms with Gasteiger partial charge in [-0.1, -0.05) is 43.7 Å². The summed E-state index contributed by atoms with van der Waals surface area (Å²) in [5.41, 5.74) is 8.01. The molecule has 0 unspecified atom stereocenters. The van der Waals surface area contributed by atoms with Crippen LogP contribution in [0.5, 0.6) is 0 Å². The van der Waals surface area contributed by atoms with E-state index in [0.717, 1.165) is 29.5 Å². The van der Waals surface area contributed by atoms with Gasteiger partial charge >= 0.3 is 0 Å². The van der Waals surface area contributed by atoms with Crippen LogP contribution in [0.1, 0.15) is 42.0 Å². The first-order valence-corrected chi connectivity index (χ1v) is 9.14. The van der Waals surface area contributed by atoms with Crippen molar-refractivity contribution in [2.75, 3.05) is 0 Å². The summed E-state index contributed by atoms with van der Waals surface area (Å²) in [4.78, 5) is 0. The predicted octanol–water partition coefficient (Wildman–Crippen LogP) is 6.28. The summed E-state index contributed by atoms with van der Waals surface area (Å²) in [6.45, 7) is 2.21. The Labute approximate surface area is 153 Å². The Morgan fingerprint density at radius 1 is 0.923 bits per heavy atom. The molecule has 0 saturated heterocycles. The van der Waals surface area contributed by atoms with E-state index in [4.69, 9.17) is 5.26 Å².